The van der Waals surface area contributed by atoms with Crippen molar-refractivity contribution in [3.05, 3.63) is 25.3 Å². The summed E-state index contributed by atoms with van der Waals surface area (Å²) < 4.78 is 126. The minimum atomic E-state index is -4.66. The molecule has 0 radical (unpaired) electrons. The minimum Gasteiger partial charge on any atom is -0.447 e. The number of hydrogen-bond donors (Lipinski definition) is 5. The Balaban J connectivity index is 0.876. The third-order valence-electron chi connectivity index (χ3n) is 12.0. The Hall–Kier alpha value is -5.15. The molecule has 430 valence electrons. The summed E-state index contributed by atoms with van der Waals surface area (Å²) in [6, 6.07) is -1.65. The van der Waals surface area contributed by atoms with Crippen molar-refractivity contribution in [3.8, 4) is 0 Å². The molecular formula is C42H56F4N12O16P2S2. The summed E-state index contributed by atoms with van der Waals surface area (Å²) in [6.07, 6.45) is -14.4. The molecule has 4 aromatic heterocycles. The number of carbonyl (C=O) groups excluding carboxylic acids is 4. The maximum Gasteiger partial charge on any atom is 0.412 e. The van der Waals surface area contributed by atoms with E-state index < -0.39 is 136 Å². The van der Waals surface area contributed by atoms with E-state index in [1.807, 2.05) is 0 Å². The van der Waals surface area contributed by atoms with Gasteiger partial charge in [-0.2, -0.15) is 0 Å². The van der Waals surface area contributed by atoms with Gasteiger partial charge in [0.15, 0.2) is 52.6 Å². The van der Waals surface area contributed by atoms with Crippen molar-refractivity contribution >= 4 is 95.9 Å². The van der Waals surface area contributed by atoms with E-state index in [1.54, 1.807) is 41.5 Å². The van der Waals surface area contributed by atoms with Gasteiger partial charge < -0.3 is 42.7 Å². The largest absolute Gasteiger partial charge is 0.447 e. The topological polar surface area (TPSA) is 327 Å². The van der Waals surface area contributed by atoms with Crippen LogP contribution in [0.1, 0.15) is 73.3 Å². The SMILES string of the molecule is CC(C)(C)OC(=O)N1C[C@@H](F)C[C@H]1COC(=O)Nc1ncnc2c1ncn2[C@@H]1O[C@H](COP(=O)(S)OC2[C@@H](F)[C@H](n3cnc4c(NC(=O)OC[C@@H]5C[C@H](F)CN5C(=O)OC(C)(C)C)ncnc43)O[C@@H]2COP(O)(O)=S)C[C@H]1F. The molecule has 0 bridgehead atoms. The van der Waals surface area contributed by atoms with E-state index in [-0.39, 0.29) is 72.9 Å². The fourth-order valence-corrected chi connectivity index (χ4v) is 10.8. The summed E-state index contributed by atoms with van der Waals surface area (Å²) in [5, 5.41) is 4.80. The lowest BCUT2D eigenvalue weighted by Gasteiger charge is -2.28. The van der Waals surface area contributed by atoms with Crippen molar-refractivity contribution in [3.63, 3.8) is 0 Å². The molecule has 4 aromatic rings. The second kappa shape index (κ2) is 23.5. The van der Waals surface area contributed by atoms with E-state index in [2.05, 4.69) is 64.6 Å². The zero-order valence-electron chi connectivity index (χ0n) is 42.4. The molecule has 0 saturated carbocycles. The van der Waals surface area contributed by atoms with Gasteiger partial charge in [0.25, 0.3) is 0 Å². The smallest absolute Gasteiger partial charge is 0.412 e. The predicted octanol–water partition coefficient (Wildman–Crippen LogP) is 5.98. The first-order valence-corrected chi connectivity index (χ1v) is 29.3. The Bertz CT molecular complexity index is 2960. The lowest BCUT2D eigenvalue weighted by molar-refractivity contribution is -0.0441. The number of hydrogen-bond acceptors (Lipinski definition) is 21. The van der Waals surface area contributed by atoms with Crippen LogP contribution in [0.5, 0.6) is 0 Å². The Morgan fingerprint density at radius 3 is 1.68 bits per heavy atom. The second-order valence-electron chi connectivity index (χ2n) is 20.3. The molecule has 4 fully saturated rings. The highest BCUT2D eigenvalue weighted by Gasteiger charge is 2.51. The van der Waals surface area contributed by atoms with Crippen LogP contribution in [-0.2, 0) is 58.4 Å². The van der Waals surface area contributed by atoms with E-state index in [0.29, 0.717) is 0 Å². The van der Waals surface area contributed by atoms with Crippen LogP contribution in [0.2, 0.25) is 0 Å². The van der Waals surface area contributed by atoms with Crippen LogP contribution in [0.15, 0.2) is 25.3 Å². The molecule has 28 nitrogen and oxygen atoms in total. The van der Waals surface area contributed by atoms with E-state index in [1.165, 1.54) is 10.9 Å². The number of nitrogens with one attached hydrogen (secondary N) is 2. The molecule has 4 saturated heterocycles. The van der Waals surface area contributed by atoms with Gasteiger partial charge >= 0.3 is 37.9 Å². The number of aromatic nitrogens is 8. The first-order chi connectivity index (χ1) is 36.5. The van der Waals surface area contributed by atoms with Crippen LogP contribution < -0.4 is 10.6 Å². The van der Waals surface area contributed by atoms with Gasteiger partial charge in [0.05, 0.1) is 57.1 Å². The molecule has 78 heavy (non-hydrogen) atoms. The van der Waals surface area contributed by atoms with Gasteiger partial charge in [0.1, 0.15) is 67.8 Å². The number of fused-ring (bicyclic) bond motifs is 2. The summed E-state index contributed by atoms with van der Waals surface area (Å²) in [5.74, 6) is -0.361. The van der Waals surface area contributed by atoms with E-state index in [0.717, 1.165) is 33.3 Å². The highest BCUT2D eigenvalue weighted by atomic mass is 32.7. The molecular weight excluding hydrogens is 1130 g/mol. The highest BCUT2D eigenvalue weighted by molar-refractivity contribution is 8.44. The molecule has 4 aliphatic rings. The number of imidazole rings is 2. The van der Waals surface area contributed by atoms with Crippen molar-refractivity contribution in [2.45, 2.75) is 140 Å². The van der Waals surface area contributed by atoms with Gasteiger partial charge in [-0.25, -0.2) is 71.2 Å². The zero-order chi connectivity index (χ0) is 56.6. The summed E-state index contributed by atoms with van der Waals surface area (Å²) >= 11 is 8.59. The lowest BCUT2D eigenvalue weighted by Crippen LogP contribution is -2.42. The molecule has 0 aliphatic carbocycles. The number of thiol groups is 1. The van der Waals surface area contributed by atoms with Gasteiger partial charge in [0, 0.05) is 19.3 Å². The van der Waals surface area contributed by atoms with Crippen LogP contribution in [-0.4, -0.2) is 189 Å². The summed E-state index contributed by atoms with van der Waals surface area (Å²) in [4.78, 5) is 97.9. The van der Waals surface area contributed by atoms with Crippen molar-refractivity contribution in [2.75, 3.05) is 50.2 Å². The molecule has 4 N–H and O–H groups in total. The first kappa shape index (κ1) is 59.0. The zero-order valence-corrected chi connectivity index (χ0v) is 45.9. The van der Waals surface area contributed by atoms with Crippen molar-refractivity contribution < 1.29 is 93.1 Å². The average molecular weight is 1190 g/mol. The van der Waals surface area contributed by atoms with Gasteiger partial charge in [-0.05, 0) is 53.3 Å². The number of anilines is 2. The van der Waals surface area contributed by atoms with Gasteiger partial charge in [-0.15, -0.1) is 0 Å². The molecule has 4 aliphatic heterocycles. The van der Waals surface area contributed by atoms with Crippen molar-refractivity contribution in [1.82, 2.24) is 48.8 Å². The van der Waals surface area contributed by atoms with Gasteiger partial charge in [0.2, 0.25) is 0 Å². The molecule has 4 amide bonds. The number of nitrogens with zero attached hydrogens (tertiary/aromatic N) is 10. The molecule has 0 spiro atoms. The number of carbonyl (C=O) groups is 4. The normalized spacial score (nSPS) is 27.5. The van der Waals surface area contributed by atoms with Crippen LogP contribution in [0.25, 0.3) is 22.3 Å². The summed E-state index contributed by atoms with van der Waals surface area (Å²) in [6.45, 7) is -1.86. The maximum absolute atomic E-state index is 16.7. The third kappa shape index (κ3) is 14.6. The Morgan fingerprint density at radius 1 is 0.718 bits per heavy atom. The molecule has 12 atom stereocenters. The summed E-state index contributed by atoms with van der Waals surface area (Å²) in [5.41, 5.74) is -1.93. The average Bonchev–Trinajstić information content (AvgIpc) is 4.30. The molecule has 8 rings (SSSR count). The minimum absolute atomic E-state index is 0.00827. The van der Waals surface area contributed by atoms with Gasteiger partial charge in [-0.1, -0.05) is 12.2 Å². The van der Waals surface area contributed by atoms with Gasteiger partial charge in [-0.3, -0.25) is 38.6 Å². The second-order valence-corrected chi connectivity index (χ2v) is 25.9. The summed E-state index contributed by atoms with van der Waals surface area (Å²) in [7, 11) is 0. The number of halogens is 4. The molecule has 2 unspecified atom stereocenters. The fourth-order valence-electron chi connectivity index (χ4n) is 8.75. The van der Waals surface area contributed by atoms with E-state index in [4.69, 9.17) is 42.0 Å². The lowest BCUT2D eigenvalue weighted by atomic mass is 10.1. The quantitative estimate of drug-likeness (QED) is 0.0372. The standard InChI is InChI=1S/C42H56F4N12O16P2S2/c1-41(2,3)72-39(61)55-10-20(43)7-22(55)12-66-37(59)53-31-28-33(49-16-47-31)57(18-51-28)35-25(45)9-24(70-35)14-69-76(65,78)74-30-26(15-68-75(63,64)77)71-36(27(30)46)58-19-52-29-32(48-17-50-34(29)58)54-38(60)67-13-23-8-21(44)11-56(23)40(62)73-42(4,5)6/h16-27,30,35-36H,7-15H2,1-6H3,(H,65,78)(H2,63,64,77)(H,47,49,53,59)(H,48,50,54,60)/t20-,21-,22-,23-,24-,25+,26+,27+,30?,35+,36+,76?/m0/s1. The fraction of sp³-hybridized carbons (Fsp3) is 0.667. The van der Waals surface area contributed by atoms with Crippen LogP contribution in [0.4, 0.5) is 48.4 Å². The number of ether oxygens (including phenoxy) is 6. The van der Waals surface area contributed by atoms with E-state index >= 15 is 8.78 Å². The molecule has 0 aromatic carbocycles. The maximum atomic E-state index is 16.7. The first-order valence-electron chi connectivity index (χ1n) is 24.0. The monoisotopic (exact) mass is 1190 g/mol. The van der Waals surface area contributed by atoms with E-state index in [9.17, 15) is 42.3 Å². The number of likely N-dealkylation sites (tertiary alicyclic amines) is 2. The highest BCUT2D eigenvalue weighted by Crippen LogP contribution is 2.57. The van der Waals surface area contributed by atoms with Crippen molar-refractivity contribution in [1.29, 1.82) is 0 Å². The van der Waals surface area contributed by atoms with Crippen LogP contribution >= 0.6 is 25.8 Å². The molecule has 8 heterocycles. The Labute approximate surface area is 451 Å². The molecule has 36 heteroatoms. The number of alkyl halides is 4. The van der Waals surface area contributed by atoms with Crippen LogP contribution in [0.3, 0.4) is 0 Å². The van der Waals surface area contributed by atoms with Crippen LogP contribution in [0, 0.1) is 0 Å². The Kier molecular flexibility index (Phi) is 17.8. The Morgan fingerprint density at radius 2 is 1.21 bits per heavy atom. The predicted molar refractivity (Wildman–Crippen MR) is 267 cm³/mol. The third-order valence-corrected chi connectivity index (χ3v) is 14.4. The van der Waals surface area contributed by atoms with Crippen molar-refractivity contribution in [2.24, 2.45) is 0 Å². The number of amides is 4. The number of rotatable bonds is 16.